The number of hydrogen-bond acceptors (Lipinski definition) is 1. The second kappa shape index (κ2) is 8.32. The molecule has 4 aromatic carbocycles. The minimum Gasteiger partial charge on any atom is -0.289 e. The second-order valence-electron chi connectivity index (χ2n) is 6.65. The molecule has 1 nitrogen and oxygen atoms in total. The largest absolute Gasteiger partial charge is 0.289 e. The Labute approximate surface area is 164 Å². The normalized spacial score (nSPS) is 11.4. The van der Waals surface area contributed by atoms with E-state index in [0.717, 1.165) is 21.9 Å². The van der Waals surface area contributed by atoms with Gasteiger partial charge in [-0.15, -0.1) is 0 Å². The Kier molecular flexibility index (Phi) is 5.26. The summed E-state index contributed by atoms with van der Waals surface area (Å²) in [6, 6.07) is 32.1. The van der Waals surface area contributed by atoms with Crippen molar-refractivity contribution in [1.29, 1.82) is 0 Å². The van der Waals surface area contributed by atoms with Crippen LogP contribution in [0.4, 0.5) is 0 Å². The van der Waals surface area contributed by atoms with E-state index in [9.17, 15) is 4.79 Å². The maximum Gasteiger partial charge on any atom is 0.193 e. The fraction of sp³-hybridized carbons (Fsp3) is 0. The summed E-state index contributed by atoms with van der Waals surface area (Å²) in [4.78, 5) is 13.2. The fourth-order valence-electron chi connectivity index (χ4n) is 3.15. The van der Waals surface area contributed by atoms with Crippen LogP contribution in [-0.4, -0.2) is 0 Å². The highest BCUT2D eigenvalue weighted by Gasteiger charge is 2.03. The van der Waals surface area contributed by atoms with Gasteiger partial charge in [0.25, 0.3) is 0 Å². The summed E-state index contributed by atoms with van der Waals surface area (Å²) < 4.78 is 0. The van der Waals surface area contributed by atoms with E-state index in [1.165, 1.54) is 0 Å². The molecule has 0 aliphatic carbocycles. The molecule has 0 saturated heterocycles. The summed E-state index contributed by atoms with van der Waals surface area (Å²) in [6.07, 6.45) is 7.78. The third-order valence-electron chi connectivity index (χ3n) is 4.65. The molecule has 0 heterocycles. The first-order valence-electron chi connectivity index (χ1n) is 9.33. The average molecular weight is 360 g/mol. The van der Waals surface area contributed by atoms with Crippen LogP contribution in [0.15, 0.2) is 102 Å². The lowest BCUT2D eigenvalue weighted by Gasteiger charge is -1.94. The topological polar surface area (TPSA) is 17.1 Å². The molecule has 0 aliphatic heterocycles. The molecule has 0 unspecified atom stereocenters. The van der Waals surface area contributed by atoms with Crippen molar-refractivity contribution < 1.29 is 0 Å². The number of benzene rings is 3. The molecule has 0 amide bonds. The smallest absolute Gasteiger partial charge is 0.193 e. The van der Waals surface area contributed by atoms with Crippen LogP contribution >= 0.6 is 0 Å². The molecule has 4 rings (SSSR count). The van der Waals surface area contributed by atoms with E-state index in [-0.39, 0.29) is 5.43 Å². The van der Waals surface area contributed by atoms with Crippen LogP contribution in [0.2, 0.25) is 0 Å². The van der Waals surface area contributed by atoms with Crippen molar-refractivity contribution in [2.75, 3.05) is 0 Å². The fourth-order valence-corrected chi connectivity index (χ4v) is 3.15. The molecule has 0 saturated carbocycles. The Hall–Kier alpha value is -3.71. The van der Waals surface area contributed by atoms with Gasteiger partial charge in [0.05, 0.1) is 0 Å². The number of fused-ring (bicyclic) bond motifs is 1. The third kappa shape index (κ3) is 4.16. The molecule has 0 radical (unpaired) electrons. The van der Waals surface area contributed by atoms with E-state index in [4.69, 9.17) is 0 Å². The van der Waals surface area contributed by atoms with Gasteiger partial charge in [-0.25, -0.2) is 0 Å². The first-order valence-corrected chi connectivity index (χ1v) is 9.33. The van der Waals surface area contributed by atoms with E-state index in [0.29, 0.717) is 11.1 Å². The molecule has 28 heavy (non-hydrogen) atoms. The Morgan fingerprint density at radius 2 is 0.857 bits per heavy atom. The van der Waals surface area contributed by atoms with Crippen LogP contribution in [0.25, 0.3) is 35.1 Å². The Morgan fingerprint density at radius 1 is 0.464 bits per heavy atom. The number of hydrogen-bond donors (Lipinski definition) is 0. The molecule has 0 bridgehead atoms. The van der Waals surface area contributed by atoms with Gasteiger partial charge < -0.3 is 0 Å². The predicted molar refractivity (Wildman–Crippen MR) is 121 cm³/mol. The van der Waals surface area contributed by atoms with Crippen LogP contribution < -0.4 is 5.43 Å². The zero-order chi connectivity index (χ0) is 19.2. The molecule has 0 N–H and O–H groups in total. The molecular weight excluding hydrogens is 340 g/mol. The molecule has 134 valence electrons. The highest BCUT2D eigenvalue weighted by atomic mass is 16.1. The Balaban J connectivity index is 1.85. The molecule has 1 heteroatoms. The van der Waals surface area contributed by atoms with Crippen molar-refractivity contribution in [3.05, 3.63) is 130 Å². The maximum absolute atomic E-state index is 13.2. The average Bonchev–Trinajstić information content (AvgIpc) is 2.89. The molecule has 0 fully saturated rings. The van der Waals surface area contributed by atoms with Crippen molar-refractivity contribution >= 4 is 35.1 Å². The van der Waals surface area contributed by atoms with Crippen molar-refractivity contribution in [1.82, 2.24) is 0 Å². The second-order valence-corrected chi connectivity index (χ2v) is 6.65. The van der Waals surface area contributed by atoms with Gasteiger partial charge in [-0.05, 0) is 34.0 Å². The lowest BCUT2D eigenvalue weighted by molar-refractivity contribution is 1.58. The van der Waals surface area contributed by atoms with Gasteiger partial charge in [0.2, 0.25) is 0 Å². The van der Waals surface area contributed by atoms with E-state index >= 15 is 0 Å². The quantitative estimate of drug-likeness (QED) is 0.404. The highest BCUT2D eigenvalue weighted by molar-refractivity contribution is 5.87. The highest BCUT2D eigenvalue weighted by Crippen LogP contribution is 2.17. The minimum atomic E-state index is 0.0237. The predicted octanol–water partition coefficient (Wildman–Crippen LogP) is 6.54. The van der Waals surface area contributed by atoms with Gasteiger partial charge in [0, 0.05) is 11.1 Å². The standard InChI is InChI=1S/C27H20O/c28-27-25(17-15-21-9-3-1-4-10-21)19-23-13-7-8-14-24(23)20-26(27)18-16-22-11-5-2-6-12-22/h1-20H/b17-15+,18-16+. The summed E-state index contributed by atoms with van der Waals surface area (Å²) >= 11 is 0. The SMILES string of the molecule is O=c1c(/C=C/c2ccccc2)cc2ccccc2cc1/C=C/c1ccccc1. The van der Waals surface area contributed by atoms with Gasteiger partial charge in [-0.3, -0.25) is 4.79 Å². The molecule has 0 aliphatic rings. The molecular formula is C27H20O. The Bertz CT molecular complexity index is 1110. The monoisotopic (exact) mass is 360 g/mol. The zero-order valence-corrected chi connectivity index (χ0v) is 15.5. The van der Waals surface area contributed by atoms with E-state index in [1.54, 1.807) is 0 Å². The van der Waals surface area contributed by atoms with E-state index in [2.05, 4.69) is 0 Å². The van der Waals surface area contributed by atoms with Gasteiger partial charge >= 0.3 is 0 Å². The number of rotatable bonds is 4. The van der Waals surface area contributed by atoms with Crippen molar-refractivity contribution in [2.45, 2.75) is 0 Å². The summed E-state index contributed by atoms with van der Waals surface area (Å²) in [5.74, 6) is 0. The zero-order valence-electron chi connectivity index (χ0n) is 15.5. The third-order valence-corrected chi connectivity index (χ3v) is 4.65. The summed E-state index contributed by atoms with van der Waals surface area (Å²) in [5.41, 5.74) is 3.52. The van der Waals surface area contributed by atoms with Crippen LogP contribution in [-0.2, 0) is 0 Å². The van der Waals surface area contributed by atoms with Crippen molar-refractivity contribution in [3.8, 4) is 0 Å². The van der Waals surface area contributed by atoms with E-state index < -0.39 is 0 Å². The molecule has 4 aromatic rings. The van der Waals surface area contributed by atoms with Crippen LogP contribution in [0.3, 0.4) is 0 Å². The molecule has 0 spiro atoms. The molecule has 0 atom stereocenters. The molecule has 0 aromatic heterocycles. The van der Waals surface area contributed by atoms with Crippen molar-refractivity contribution in [3.63, 3.8) is 0 Å². The maximum atomic E-state index is 13.2. The van der Waals surface area contributed by atoms with Gasteiger partial charge in [0.1, 0.15) is 0 Å². The summed E-state index contributed by atoms with van der Waals surface area (Å²) in [5, 5.41) is 2.10. The first-order chi connectivity index (χ1) is 13.8. The van der Waals surface area contributed by atoms with Crippen LogP contribution in [0, 0.1) is 0 Å². The van der Waals surface area contributed by atoms with Gasteiger partial charge in [-0.2, -0.15) is 0 Å². The summed E-state index contributed by atoms with van der Waals surface area (Å²) in [7, 11) is 0. The van der Waals surface area contributed by atoms with Crippen LogP contribution in [0.1, 0.15) is 22.3 Å². The Morgan fingerprint density at radius 3 is 1.29 bits per heavy atom. The summed E-state index contributed by atoms with van der Waals surface area (Å²) in [6.45, 7) is 0. The van der Waals surface area contributed by atoms with E-state index in [1.807, 2.05) is 121 Å². The first kappa shape index (κ1) is 17.7. The lowest BCUT2D eigenvalue weighted by Crippen LogP contribution is -2.04. The van der Waals surface area contributed by atoms with Crippen LogP contribution in [0.5, 0.6) is 0 Å². The van der Waals surface area contributed by atoms with Crippen molar-refractivity contribution in [2.24, 2.45) is 0 Å². The lowest BCUT2D eigenvalue weighted by atomic mass is 10.1. The minimum absolute atomic E-state index is 0.0237. The van der Waals surface area contributed by atoms with Gasteiger partial charge in [-0.1, -0.05) is 109 Å². The van der Waals surface area contributed by atoms with Gasteiger partial charge in [0.15, 0.2) is 5.43 Å².